The second kappa shape index (κ2) is 10.6. The molecule has 13 heteroatoms. The third-order valence-electron chi connectivity index (χ3n) is 5.02. The maximum Gasteiger partial charge on any atom is 0.330 e. The van der Waals surface area contributed by atoms with Crippen molar-refractivity contribution in [3.63, 3.8) is 0 Å². The summed E-state index contributed by atoms with van der Waals surface area (Å²) in [5, 5.41) is 4.92. The van der Waals surface area contributed by atoms with Crippen LogP contribution in [0, 0.1) is 5.92 Å². The lowest BCUT2D eigenvalue weighted by molar-refractivity contribution is -0.118. The molecule has 0 atom stereocenters. The molecule has 0 aliphatic carbocycles. The lowest BCUT2D eigenvalue weighted by Gasteiger charge is -2.24. The lowest BCUT2D eigenvalue weighted by Crippen LogP contribution is -2.42. The Morgan fingerprint density at radius 2 is 2.12 bits per heavy atom. The number of amides is 3. The van der Waals surface area contributed by atoms with Gasteiger partial charge in [-0.25, -0.2) is 14.6 Å². The van der Waals surface area contributed by atoms with Crippen molar-refractivity contribution in [3.8, 4) is 0 Å². The Bertz CT molecular complexity index is 1120. The second-order valence-electron chi connectivity index (χ2n) is 8.07. The molecular formula is C20H29N7O5S. The predicted octanol–water partition coefficient (Wildman–Crippen LogP) is 0.373. The summed E-state index contributed by atoms with van der Waals surface area (Å²) in [6.07, 6.45) is 0.363. The summed E-state index contributed by atoms with van der Waals surface area (Å²) in [6, 6.07) is -0.227. The van der Waals surface area contributed by atoms with Gasteiger partial charge in [0.05, 0.1) is 12.1 Å². The van der Waals surface area contributed by atoms with Crippen molar-refractivity contribution in [1.29, 1.82) is 0 Å². The van der Waals surface area contributed by atoms with E-state index in [-0.39, 0.29) is 36.4 Å². The Morgan fingerprint density at radius 3 is 2.76 bits per heavy atom. The number of methoxy groups -OCH3 is 1. The summed E-state index contributed by atoms with van der Waals surface area (Å²) in [4.78, 5) is 59.6. The molecule has 2 aromatic rings. The zero-order valence-electron chi connectivity index (χ0n) is 18.9. The molecule has 0 unspecified atom stereocenters. The number of urea groups is 1. The van der Waals surface area contributed by atoms with Gasteiger partial charge in [0, 0.05) is 45.3 Å². The first-order chi connectivity index (χ1) is 15.7. The highest BCUT2D eigenvalue weighted by Crippen LogP contribution is 2.24. The van der Waals surface area contributed by atoms with Crippen LogP contribution < -0.4 is 32.1 Å². The Balaban J connectivity index is 1.91. The molecule has 0 spiro atoms. The molecule has 1 fully saturated rings. The van der Waals surface area contributed by atoms with Crippen LogP contribution in [0.15, 0.2) is 15.0 Å². The molecule has 3 rings (SSSR count). The fraction of sp³-hybridized carbons (Fsp3) is 0.550. The van der Waals surface area contributed by atoms with Gasteiger partial charge in [-0.1, -0.05) is 13.8 Å². The van der Waals surface area contributed by atoms with Gasteiger partial charge in [0.15, 0.2) is 10.8 Å². The maximum absolute atomic E-state index is 13.3. The summed E-state index contributed by atoms with van der Waals surface area (Å²) in [5.41, 5.74) is 5.29. The number of H-pyrrole nitrogens is 1. The number of hydrogen-bond acceptors (Lipinski definition) is 8. The van der Waals surface area contributed by atoms with E-state index in [0.717, 1.165) is 0 Å². The first-order valence-electron chi connectivity index (χ1n) is 10.6. The smallest absolute Gasteiger partial charge is 0.330 e. The molecule has 0 bridgehead atoms. The van der Waals surface area contributed by atoms with E-state index in [4.69, 9.17) is 10.5 Å². The molecule has 180 valence electrons. The van der Waals surface area contributed by atoms with Crippen molar-refractivity contribution >= 4 is 39.9 Å². The van der Waals surface area contributed by atoms with Gasteiger partial charge in [0.25, 0.3) is 5.56 Å². The zero-order chi connectivity index (χ0) is 24.1. The van der Waals surface area contributed by atoms with Crippen LogP contribution in [0.25, 0.3) is 0 Å². The van der Waals surface area contributed by atoms with Crippen molar-refractivity contribution in [2.75, 3.05) is 48.9 Å². The van der Waals surface area contributed by atoms with Gasteiger partial charge < -0.3 is 20.7 Å². The van der Waals surface area contributed by atoms with Crippen molar-refractivity contribution in [2.45, 2.75) is 33.2 Å². The molecule has 4 N–H and O–H groups in total. The molecule has 2 aromatic heterocycles. The highest BCUT2D eigenvalue weighted by Gasteiger charge is 2.27. The minimum Gasteiger partial charge on any atom is -0.385 e. The first kappa shape index (κ1) is 24.5. The van der Waals surface area contributed by atoms with Gasteiger partial charge in [0.2, 0.25) is 5.91 Å². The highest BCUT2D eigenvalue weighted by atomic mass is 32.1. The van der Waals surface area contributed by atoms with Crippen molar-refractivity contribution in [2.24, 2.45) is 5.92 Å². The average Bonchev–Trinajstić information content (AvgIpc) is 3.38. The first-order valence-corrected chi connectivity index (χ1v) is 11.5. The SMILES string of the molecule is COCCCN(C(=O)Cc1csc(N2CCNC2=O)n1)c1c(N)n(CC(C)C)c(=O)[nH]c1=O. The number of rotatable bonds is 10. The summed E-state index contributed by atoms with van der Waals surface area (Å²) in [7, 11) is 1.54. The zero-order valence-corrected chi connectivity index (χ0v) is 19.7. The second-order valence-corrected chi connectivity index (χ2v) is 8.91. The Labute approximate surface area is 194 Å². The number of nitrogens with one attached hydrogen (secondary N) is 2. The monoisotopic (exact) mass is 479 g/mol. The number of carbonyl (C=O) groups is 2. The number of nitrogen functional groups attached to an aromatic ring is 1. The van der Waals surface area contributed by atoms with Crippen LogP contribution in [-0.2, 0) is 22.5 Å². The standard InChI is InChI=1S/C20H29N7O5S/c1-12(2)10-27-16(21)15(17(29)24-19(27)31)25(6-4-8-32-3)14(28)9-13-11-33-20(23-13)26-7-5-22-18(26)30/h11-12H,4-10,21H2,1-3H3,(H,22,30)(H,24,29,31). The number of aromatic nitrogens is 3. The number of anilines is 3. The fourth-order valence-electron chi connectivity index (χ4n) is 3.52. The molecule has 12 nitrogen and oxygen atoms in total. The van der Waals surface area contributed by atoms with Crippen LogP contribution in [0.1, 0.15) is 26.0 Å². The molecule has 0 saturated carbocycles. The van der Waals surface area contributed by atoms with E-state index in [1.807, 2.05) is 13.8 Å². The van der Waals surface area contributed by atoms with E-state index in [1.54, 1.807) is 12.5 Å². The van der Waals surface area contributed by atoms with Gasteiger partial charge >= 0.3 is 11.7 Å². The minimum atomic E-state index is -0.726. The number of carbonyl (C=O) groups excluding carboxylic acids is 2. The van der Waals surface area contributed by atoms with Crippen LogP contribution in [0.4, 0.5) is 21.4 Å². The number of aromatic amines is 1. The molecule has 3 heterocycles. The van der Waals surface area contributed by atoms with Gasteiger partial charge in [-0.05, 0) is 12.3 Å². The van der Waals surface area contributed by atoms with E-state index >= 15 is 0 Å². The molecule has 1 saturated heterocycles. The molecule has 1 aliphatic rings. The van der Waals surface area contributed by atoms with E-state index in [0.29, 0.717) is 43.5 Å². The van der Waals surface area contributed by atoms with Crippen LogP contribution >= 0.6 is 11.3 Å². The number of nitrogens with zero attached hydrogens (tertiary/aromatic N) is 4. The number of ether oxygens (including phenoxy) is 1. The summed E-state index contributed by atoms with van der Waals surface area (Å²) < 4.78 is 6.36. The van der Waals surface area contributed by atoms with Crippen molar-refractivity contribution < 1.29 is 14.3 Å². The van der Waals surface area contributed by atoms with Gasteiger partial charge in [-0.3, -0.25) is 24.0 Å². The summed E-state index contributed by atoms with van der Waals surface area (Å²) >= 11 is 1.26. The van der Waals surface area contributed by atoms with Crippen LogP contribution in [0.2, 0.25) is 0 Å². The van der Waals surface area contributed by atoms with Crippen LogP contribution in [-0.4, -0.2) is 59.8 Å². The Hall–Kier alpha value is -3.19. The third kappa shape index (κ3) is 5.60. The van der Waals surface area contributed by atoms with E-state index in [2.05, 4.69) is 15.3 Å². The van der Waals surface area contributed by atoms with Crippen molar-refractivity contribution in [3.05, 3.63) is 31.9 Å². The third-order valence-corrected chi connectivity index (χ3v) is 5.94. The highest BCUT2D eigenvalue weighted by molar-refractivity contribution is 7.14. The minimum absolute atomic E-state index is 0.0593. The quantitative estimate of drug-likeness (QED) is 0.416. The van der Waals surface area contributed by atoms with Gasteiger partial charge in [-0.2, -0.15) is 0 Å². The van der Waals surface area contributed by atoms with Gasteiger partial charge in [0.1, 0.15) is 5.82 Å². The Morgan fingerprint density at radius 1 is 1.36 bits per heavy atom. The van der Waals surface area contributed by atoms with Gasteiger partial charge in [-0.15, -0.1) is 11.3 Å². The van der Waals surface area contributed by atoms with Crippen LogP contribution in [0.5, 0.6) is 0 Å². The molecular weight excluding hydrogens is 450 g/mol. The fourth-order valence-corrected chi connectivity index (χ4v) is 4.37. The average molecular weight is 480 g/mol. The topological polar surface area (TPSA) is 156 Å². The summed E-state index contributed by atoms with van der Waals surface area (Å²) in [5.74, 6) is -0.366. The number of nitrogens with two attached hydrogens (primary N) is 1. The molecule has 0 aromatic carbocycles. The van der Waals surface area contributed by atoms with E-state index < -0.39 is 17.2 Å². The molecule has 3 amide bonds. The van der Waals surface area contributed by atoms with E-state index in [9.17, 15) is 19.2 Å². The van der Waals surface area contributed by atoms with E-state index in [1.165, 1.54) is 25.7 Å². The normalized spacial score (nSPS) is 13.6. The maximum atomic E-state index is 13.3. The lowest BCUT2D eigenvalue weighted by atomic mass is 10.2. The number of hydrogen-bond donors (Lipinski definition) is 3. The predicted molar refractivity (Wildman–Crippen MR) is 126 cm³/mol. The molecule has 33 heavy (non-hydrogen) atoms. The Kier molecular flexibility index (Phi) is 7.87. The number of thiazole rings is 1. The van der Waals surface area contributed by atoms with Crippen LogP contribution in [0.3, 0.4) is 0 Å². The summed E-state index contributed by atoms with van der Waals surface area (Å²) in [6.45, 7) is 5.71. The van der Waals surface area contributed by atoms with Crippen molar-refractivity contribution in [1.82, 2.24) is 19.9 Å². The molecule has 1 aliphatic heterocycles. The largest absolute Gasteiger partial charge is 0.385 e. The molecule has 0 radical (unpaired) electrons.